The zero-order valence-electron chi connectivity index (χ0n) is 25.3. The molecule has 0 aliphatic heterocycles. The molecule has 0 aromatic heterocycles. The molecule has 0 atom stereocenters. The first-order chi connectivity index (χ1) is 21.7. The van der Waals surface area contributed by atoms with E-state index in [4.69, 9.17) is 0 Å². The molecule has 0 radical (unpaired) electrons. The number of carbonyl (C=O) groups is 1. The first kappa shape index (κ1) is 34.9. The Labute approximate surface area is 286 Å². The van der Waals surface area contributed by atoms with Crippen LogP contribution in [0.1, 0.15) is 0 Å². The highest BCUT2D eigenvalue weighted by Gasteiger charge is 2.47. The molecule has 0 aliphatic rings. The molecular formula is C39H36Cl2N2OP2. The third-order valence-electron chi connectivity index (χ3n) is 8.14. The van der Waals surface area contributed by atoms with Gasteiger partial charge in [-0.1, -0.05) is 109 Å². The van der Waals surface area contributed by atoms with E-state index in [1.807, 2.05) is 36.4 Å². The van der Waals surface area contributed by atoms with E-state index in [-0.39, 0.29) is 30.8 Å². The van der Waals surface area contributed by atoms with Crippen molar-refractivity contribution in [2.24, 2.45) is 0 Å². The molecular weight excluding hydrogens is 645 g/mol. The molecule has 6 rings (SSSR count). The van der Waals surface area contributed by atoms with E-state index in [2.05, 4.69) is 156 Å². The van der Waals surface area contributed by atoms with Crippen molar-refractivity contribution >= 4 is 52.4 Å². The molecule has 0 unspecified atom stereocenters. The minimum absolute atomic E-state index is 0. The van der Waals surface area contributed by atoms with E-state index in [9.17, 15) is 4.79 Å². The van der Waals surface area contributed by atoms with Gasteiger partial charge in [0.2, 0.25) is 0 Å². The normalized spacial score (nSPS) is 11.0. The maximum absolute atomic E-state index is 13.9. The molecule has 6 aromatic rings. The number of nitrogens with one attached hydrogen (secondary N) is 2. The van der Waals surface area contributed by atoms with E-state index in [1.54, 1.807) is 0 Å². The highest BCUT2D eigenvalue weighted by atomic mass is 35.5. The fourth-order valence-corrected chi connectivity index (χ4v) is 13.7. The molecule has 0 aliphatic carbocycles. The Morgan fingerprint density at radius 2 is 0.522 bits per heavy atom. The van der Waals surface area contributed by atoms with Crippen LogP contribution >= 0.6 is 14.5 Å². The molecule has 2 amide bonds. The number of benzene rings is 6. The smallest absolute Gasteiger partial charge is 0.320 e. The van der Waals surface area contributed by atoms with Crippen molar-refractivity contribution in [1.29, 1.82) is 0 Å². The van der Waals surface area contributed by atoms with E-state index in [0.717, 1.165) is 0 Å². The molecule has 0 bridgehead atoms. The molecule has 0 fully saturated rings. The highest BCUT2D eigenvalue weighted by Crippen LogP contribution is 2.55. The van der Waals surface area contributed by atoms with Crippen LogP contribution < -0.4 is 67.3 Å². The lowest BCUT2D eigenvalue weighted by molar-refractivity contribution is -0.00100. The first-order valence-corrected chi connectivity index (χ1v) is 18.8. The van der Waals surface area contributed by atoms with Crippen LogP contribution in [0.4, 0.5) is 4.79 Å². The Morgan fingerprint density at radius 1 is 0.348 bits per heavy atom. The summed E-state index contributed by atoms with van der Waals surface area (Å²) in [5.74, 6) is 0. The van der Waals surface area contributed by atoms with Gasteiger partial charge in [0.1, 0.15) is 58.9 Å². The largest absolute Gasteiger partial charge is 1.00 e. The summed E-state index contributed by atoms with van der Waals surface area (Å²) in [5, 5.41) is 14.1. The Hall–Kier alpha value is -3.97. The number of hydrogen-bond acceptors (Lipinski definition) is 1. The zero-order valence-corrected chi connectivity index (χ0v) is 28.6. The monoisotopic (exact) mass is 680 g/mol. The van der Waals surface area contributed by atoms with Crippen LogP contribution in [0.25, 0.3) is 0 Å². The van der Waals surface area contributed by atoms with Crippen molar-refractivity contribution < 1.29 is 29.6 Å². The van der Waals surface area contributed by atoms with Crippen molar-refractivity contribution in [2.45, 2.75) is 0 Å². The van der Waals surface area contributed by atoms with E-state index >= 15 is 0 Å². The zero-order chi connectivity index (χ0) is 30.1. The predicted molar refractivity (Wildman–Crippen MR) is 192 cm³/mol. The topological polar surface area (TPSA) is 41.1 Å². The maximum Gasteiger partial charge on any atom is 0.320 e. The molecule has 7 heteroatoms. The van der Waals surface area contributed by atoms with Gasteiger partial charge in [-0.15, -0.1) is 0 Å². The van der Waals surface area contributed by atoms with Crippen LogP contribution in [0.3, 0.4) is 0 Å². The van der Waals surface area contributed by atoms with Crippen LogP contribution in [-0.4, -0.2) is 18.6 Å². The maximum atomic E-state index is 13.9. The fraction of sp³-hybridized carbons (Fsp3) is 0.0513. The summed E-state index contributed by atoms with van der Waals surface area (Å²) in [6.07, 6.45) is 1.01. The SMILES string of the molecule is O=C(NC[P+](c1ccccc1)(c1ccccc1)c1ccccc1)NC[P+](c1ccccc1)(c1ccccc1)c1ccccc1.[Cl-].[Cl-]. The third-order valence-corrected chi connectivity index (χ3v) is 16.5. The van der Waals surface area contributed by atoms with Crippen molar-refractivity contribution in [3.8, 4) is 0 Å². The Bertz CT molecular complexity index is 1440. The van der Waals surface area contributed by atoms with Crippen LogP contribution in [0, 0.1) is 0 Å². The summed E-state index contributed by atoms with van der Waals surface area (Å²) in [6.45, 7) is 0. The van der Waals surface area contributed by atoms with Gasteiger partial charge < -0.3 is 35.4 Å². The van der Waals surface area contributed by atoms with E-state index in [1.165, 1.54) is 31.8 Å². The second kappa shape index (κ2) is 16.5. The van der Waals surface area contributed by atoms with Crippen LogP contribution in [-0.2, 0) is 0 Å². The molecule has 6 aromatic carbocycles. The molecule has 2 N–H and O–H groups in total. The summed E-state index contributed by atoms with van der Waals surface area (Å²) < 4.78 is 0. The average Bonchev–Trinajstić information content (AvgIpc) is 3.12. The summed E-state index contributed by atoms with van der Waals surface area (Å²) in [4.78, 5) is 13.9. The molecule has 0 spiro atoms. The lowest BCUT2D eigenvalue weighted by atomic mass is 10.4. The fourth-order valence-electron chi connectivity index (χ4n) is 5.98. The van der Waals surface area contributed by atoms with Crippen LogP contribution in [0.15, 0.2) is 182 Å². The highest BCUT2D eigenvalue weighted by molar-refractivity contribution is 7.96. The second-order valence-corrected chi connectivity index (χ2v) is 17.6. The molecule has 0 heterocycles. The molecule has 46 heavy (non-hydrogen) atoms. The average molecular weight is 682 g/mol. The summed E-state index contributed by atoms with van der Waals surface area (Å²) in [5.41, 5.74) is 0. The van der Waals surface area contributed by atoms with Crippen molar-refractivity contribution in [2.75, 3.05) is 12.6 Å². The van der Waals surface area contributed by atoms with Crippen LogP contribution in [0.2, 0.25) is 0 Å². The van der Waals surface area contributed by atoms with Gasteiger partial charge in [0.25, 0.3) is 0 Å². The van der Waals surface area contributed by atoms with Gasteiger partial charge in [0.05, 0.1) is 0 Å². The number of amides is 2. The van der Waals surface area contributed by atoms with Gasteiger partial charge >= 0.3 is 6.03 Å². The summed E-state index contributed by atoms with van der Waals surface area (Å²) in [6, 6.07) is 63.6. The molecule has 0 saturated carbocycles. The quantitative estimate of drug-likeness (QED) is 0.200. The number of hydrogen-bond donors (Lipinski definition) is 2. The number of carbonyl (C=O) groups excluding carboxylic acids is 1. The Morgan fingerprint density at radius 3 is 0.696 bits per heavy atom. The van der Waals surface area contributed by atoms with Gasteiger partial charge in [-0.05, 0) is 72.8 Å². The summed E-state index contributed by atoms with van der Waals surface area (Å²) in [7, 11) is -4.42. The number of rotatable bonds is 10. The van der Waals surface area contributed by atoms with Crippen molar-refractivity contribution in [1.82, 2.24) is 10.6 Å². The molecule has 3 nitrogen and oxygen atoms in total. The Balaban J connectivity index is 0.00000240. The minimum Gasteiger partial charge on any atom is -1.00 e. The minimum atomic E-state index is -2.21. The predicted octanol–water partition coefficient (Wildman–Crippen LogP) is 0.197. The number of urea groups is 1. The third kappa shape index (κ3) is 7.20. The lowest BCUT2D eigenvalue weighted by Gasteiger charge is -2.29. The van der Waals surface area contributed by atoms with E-state index in [0.29, 0.717) is 12.6 Å². The lowest BCUT2D eigenvalue weighted by Crippen LogP contribution is -3.00. The van der Waals surface area contributed by atoms with Crippen LogP contribution in [0.5, 0.6) is 0 Å². The molecule has 0 saturated heterocycles. The first-order valence-electron chi connectivity index (χ1n) is 14.8. The van der Waals surface area contributed by atoms with E-state index < -0.39 is 14.5 Å². The Kier molecular flexibility index (Phi) is 12.6. The van der Waals surface area contributed by atoms with Gasteiger partial charge in [-0.2, -0.15) is 0 Å². The molecule has 232 valence electrons. The van der Waals surface area contributed by atoms with Gasteiger partial charge in [-0.3, -0.25) is 0 Å². The second-order valence-electron chi connectivity index (χ2n) is 10.6. The number of halogens is 2. The van der Waals surface area contributed by atoms with Gasteiger partial charge in [0.15, 0.2) is 0 Å². The van der Waals surface area contributed by atoms with Crippen molar-refractivity contribution in [3.05, 3.63) is 182 Å². The van der Waals surface area contributed by atoms with Gasteiger partial charge in [0, 0.05) is 0 Å². The van der Waals surface area contributed by atoms with Gasteiger partial charge in [-0.25, -0.2) is 4.79 Å². The van der Waals surface area contributed by atoms with Crippen molar-refractivity contribution in [3.63, 3.8) is 0 Å². The summed E-state index contributed by atoms with van der Waals surface area (Å²) >= 11 is 0. The standard InChI is InChI=1S/C39H35N2OP2.2ClH/c42-39(40-31-43(33-19-7-1-8-20-33,34-21-9-2-10-22-34)35-23-11-3-12-24-35)41-32-44(36-25-13-4-14-26-36,37-27-15-5-16-28-37)38-29-17-6-18-30-38;;/h1-30H,31-32H2,(H-,40,41,42);2*1H/q+1;;/p-1.